The Bertz CT molecular complexity index is 823. The van der Waals surface area contributed by atoms with Gasteiger partial charge in [-0.05, 0) is 40.5 Å². The third kappa shape index (κ3) is 2.56. The summed E-state index contributed by atoms with van der Waals surface area (Å²) in [4.78, 5) is 11.5. The molecule has 0 heterocycles. The summed E-state index contributed by atoms with van der Waals surface area (Å²) in [6.45, 7) is 0. The highest BCUT2D eigenvalue weighted by atomic mass is 16.4. The van der Waals surface area contributed by atoms with E-state index in [0.717, 1.165) is 16.7 Å². The Labute approximate surface area is 128 Å². The van der Waals surface area contributed by atoms with E-state index in [1.807, 2.05) is 54.6 Å². The quantitative estimate of drug-likeness (QED) is 0.750. The highest BCUT2D eigenvalue weighted by Gasteiger charge is 2.15. The highest BCUT2D eigenvalue weighted by Crippen LogP contribution is 2.35. The van der Waals surface area contributed by atoms with Crippen molar-refractivity contribution in [2.24, 2.45) is 0 Å². The molecule has 0 atom stereocenters. The molecule has 3 nitrogen and oxygen atoms in total. The Morgan fingerprint density at radius 1 is 0.727 bits per heavy atom. The van der Waals surface area contributed by atoms with Crippen LogP contribution in [0.15, 0.2) is 72.8 Å². The molecule has 0 aliphatic rings. The van der Waals surface area contributed by atoms with Gasteiger partial charge in [0, 0.05) is 0 Å². The van der Waals surface area contributed by atoms with Crippen molar-refractivity contribution in [2.75, 3.05) is 0 Å². The molecule has 3 aromatic carbocycles. The van der Waals surface area contributed by atoms with Crippen LogP contribution in [0.4, 0.5) is 0 Å². The standard InChI is InChI=1S/C19H14O3/c20-14-10-11-17(18(12-14)19(21)22)16-9-5-4-8-15(16)13-6-2-1-3-7-13/h1-12,20H,(H,21,22). The summed E-state index contributed by atoms with van der Waals surface area (Å²) in [6, 6.07) is 21.9. The summed E-state index contributed by atoms with van der Waals surface area (Å²) in [5.74, 6) is -1.12. The molecular weight excluding hydrogens is 276 g/mol. The lowest BCUT2D eigenvalue weighted by molar-refractivity contribution is 0.0697. The molecule has 0 radical (unpaired) electrons. The van der Waals surface area contributed by atoms with Crippen molar-refractivity contribution in [2.45, 2.75) is 0 Å². The summed E-state index contributed by atoms with van der Waals surface area (Å²) in [5, 5.41) is 19.0. The average molecular weight is 290 g/mol. The van der Waals surface area contributed by atoms with Crippen molar-refractivity contribution in [1.82, 2.24) is 0 Å². The number of carboxylic acid groups (broad SMARTS) is 1. The minimum atomic E-state index is -1.06. The molecule has 0 aliphatic carbocycles. The first kappa shape index (κ1) is 13.9. The first-order chi connectivity index (χ1) is 10.7. The summed E-state index contributed by atoms with van der Waals surface area (Å²) in [6.07, 6.45) is 0. The molecule has 0 bridgehead atoms. The number of carboxylic acids is 1. The molecule has 0 spiro atoms. The zero-order chi connectivity index (χ0) is 15.5. The Balaban J connectivity index is 2.25. The molecule has 3 rings (SSSR count). The number of rotatable bonds is 3. The van der Waals surface area contributed by atoms with Crippen LogP contribution in [0.2, 0.25) is 0 Å². The lowest BCUT2D eigenvalue weighted by atomic mass is 9.92. The van der Waals surface area contributed by atoms with Gasteiger partial charge in [0.25, 0.3) is 0 Å². The summed E-state index contributed by atoms with van der Waals surface area (Å²) < 4.78 is 0. The second-order valence-corrected chi connectivity index (χ2v) is 4.95. The molecular formula is C19H14O3. The van der Waals surface area contributed by atoms with E-state index in [9.17, 15) is 15.0 Å². The van der Waals surface area contributed by atoms with Gasteiger partial charge in [0.1, 0.15) is 5.75 Å². The molecule has 0 amide bonds. The second-order valence-electron chi connectivity index (χ2n) is 4.95. The van der Waals surface area contributed by atoms with Crippen molar-refractivity contribution >= 4 is 5.97 Å². The van der Waals surface area contributed by atoms with E-state index in [1.54, 1.807) is 6.07 Å². The van der Waals surface area contributed by atoms with E-state index in [0.29, 0.717) is 5.56 Å². The number of hydrogen-bond donors (Lipinski definition) is 2. The van der Waals surface area contributed by atoms with Gasteiger partial charge in [-0.2, -0.15) is 0 Å². The van der Waals surface area contributed by atoms with Crippen LogP contribution in [0.5, 0.6) is 5.75 Å². The fourth-order valence-corrected chi connectivity index (χ4v) is 2.53. The highest BCUT2D eigenvalue weighted by molar-refractivity contribution is 5.99. The summed E-state index contributed by atoms with van der Waals surface area (Å²) >= 11 is 0. The molecule has 2 N–H and O–H groups in total. The fourth-order valence-electron chi connectivity index (χ4n) is 2.53. The predicted octanol–water partition coefficient (Wildman–Crippen LogP) is 4.42. The molecule has 3 heteroatoms. The van der Waals surface area contributed by atoms with Crippen LogP contribution in [-0.2, 0) is 0 Å². The van der Waals surface area contributed by atoms with Crippen molar-refractivity contribution < 1.29 is 15.0 Å². The van der Waals surface area contributed by atoms with Gasteiger partial charge in [0.2, 0.25) is 0 Å². The number of hydrogen-bond acceptors (Lipinski definition) is 2. The first-order valence-corrected chi connectivity index (χ1v) is 6.88. The molecule has 0 saturated heterocycles. The average Bonchev–Trinajstić information content (AvgIpc) is 2.55. The van der Waals surface area contributed by atoms with Gasteiger partial charge in [-0.15, -0.1) is 0 Å². The minimum absolute atomic E-state index is 0.0571. The van der Waals surface area contributed by atoms with Crippen molar-refractivity contribution in [3.05, 3.63) is 78.4 Å². The molecule has 3 aromatic rings. The Kier molecular flexibility index (Phi) is 3.62. The number of aromatic hydroxyl groups is 1. The van der Waals surface area contributed by atoms with E-state index < -0.39 is 5.97 Å². The number of phenolic OH excluding ortho intramolecular Hbond substituents is 1. The topological polar surface area (TPSA) is 57.5 Å². The largest absolute Gasteiger partial charge is 0.508 e. The van der Waals surface area contributed by atoms with Gasteiger partial charge in [-0.1, -0.05) is 54.6 Å². The SMILES string of the molecule is O=C(O)c1cc(O)ccc1-c1ccccc1-c1ccccc1. The van der Waals surface area contributed by atoms with Crippen LogP contribution in [0.25, 0.3) is 22.3 Å². The van der Waals surface area contributed by atoms with Crippen LogP contribution in [0.1, 0.15) is 10.4 Å². The lowest BCUT2D eigenvalue weighted by Crippen LogP contribution is -2.00. The van der Waals surface area contributed by atoms with E-state index in [-0.39, 0.29) is 11.3 Å². The van der Waals surface area contributed by atoms with Crippen LogP contribution in [-0.4, -0.2) is 16.2 Å². The maximum atomic E-state index is 11.5. The summed E-state index contributed by atoms with van der Waals surface area (Å²) in [7, 11) is 0. The molecule has 0 unspecified atom stereocenters. The maximum absolute atomic E-state index is 11.5. The third-order valence-corrected chi connectivity index (χ3v) is 3.54. The van der Waals surface area contributed by atoms with Crippen LogP contribution >= 0.6 is 0 Å². The fraction of sp³-hybridized carbons (Fsp3) is 0. The lowest BCUT2D eigenvalue weighted by Gasteiger charge is -2.12. The predicted molar refractivity (Wildman–Crippen MR) is 85.9 cm³/mol. The molecule has 0 aliphatic heterocycles. The molecule has 0 aromatic heterocycles. The molecule has 0 fully saturated rings. The Morgan fingerprint density at radius 2 is 1.36 bits per heavy atom. The third-order valence-electron chi connectivity index (χ3n) is 3.54. The zero-order valence-corrected chi connectivity index (χ0v) is 11.7. The summed E-state index contributed by atoms with van der Waals surface area (Å²) in [5.41, 5.74) is 3.47. The number of benzene rings is 3. The molecule has 108 valence electrons. The van der Waals surface area contributed by atoms with E-state index in [1.165, 1.54) is 12.1 Å². The van der Waals surface area contributed by atoms with Crippen LogP contribution in [0, 0.1) is 0 Å². The maximum Gasteiger partial charge on any atom is 0.336 e. The Morgan fingerprint density at radius 3 is 2.05 bits per heavy atom. The van der Waals surface area contributed by atoms with E-state index >= 15 is 0 Å². The van der Waals surface area contributed by atoms with Gasteiger partial charge in [-0.25, -0.2) is 4.79 Å². The van der Waals surface area contributed by atoms with Crippen molar-refractivity contribution in [3.63, 3.8) is 0 Å². The van der Waals surface area contributed by atoms with Crippen LogP contribution in [0.3, 0.4) is 0 Å². The van der Waals surface area contributed by atoms with E-state index in [4.69, 9.17) is 0 Å². The minimum Gasteiger partial charge on any atom is -0.508 e. The van der Waals surface area contributed by atoms with Crippen LogP contribution < -0.4 is 0 Å². The Hall–Kier alpha value is -3.07. The second kappa shape index (κ2) is 5.74. The zero-order valence-electron chi connectivity index (χ0n) is 11.7. The number of aromatic carboxylic acids is 1. The van der Waals surface area contributed by atoms with Crippen molar-refractivity contribution in [1.29, 1.82) is 0 Å². The van der Waals surface area contributed by atoms with E-state index in [2.05, 4.69) is 0 Å². The normalized spacial score (nSPS) is 10.4. The smallest absolute Gasteiger partial charge is 0.336 e. The monoisotopic (exact) mass is 290 g/mol. The van der Waals surface area contributed by atoms with Gasteiger partial charge >= 0.3 is 5.97 Å². The number of phenols is 1. The van der Waals surface area contributed by atoms with Gasteiger partial charge in [-0.3, -0.25) is 0 Å². The number of carbonyl (C=O) groups is 1. The molecule has 22 heavy (non-hydrogen) atoms. The van der Waals surface area contributed by atoms with Gasteiger partial charge in [0.05, 0.1) is 5.56 Å². The van der Waals surface area contributed by atoms with Crippen molar-refractivity contribution in [3.8, 4) is 28.0 Å². The first-order valence-electron chi connectivity index (χ1n) is 6.88. The van der Waals surface area contributed by atoms with Gasteiger partial charge < -0.3 is 10.2 Å². The van der Waals surface area contributed by atoms with Gasteiger partial charge in [0.15, 0.2) is 0 Å². The molecule has 0 saturated carbocycles.